The van der Waals surface area contributed by atoms with E-state index >= 15 is 0 Å². The zero-order chi connectivity index (χ0) is 68.7. The Balaban J connectivity index is 0.901. The number of hydrogen-bond acceptors (Lipinski definition) is 23. The summed E-state index contributed by atoms with van der Waals surface area (Å²) in [7, 11) is 1.59. The van der Waals surface area contributed by atoms with Crippen LogP contribution in [0.1, 0.15) is 88.6 Å². The van der Waals surface area contributed by atoms with Crippen LogP contribution in [-0.4, -0.2) is 234 Å². The number of cyclic esters (lactones) is 1. The van der Waals surface area contributed by atoms with E-state index in [1.54, 1.807) is 57.3 Å². The highest BCUT2D eigenvalue weighted by Crippen LogP contribution is 2.41. The molecule has 0 unspecified atom stereocenters. The lowest BCUT2D eigenvalue weighted by Gasteiger charge is -2.38. The third-order valence-corrected chi connectivity index (χ3v) is 17.1. The number of nitrogens with one attached hydrogen (secondary N) is 4. The smallest absolute Gasteiger partial charge is 0.410 e. The standard InChI is InChI=1S/C65H88N8O22/c1-8-65(86)45-30-48-53-43(31-73(48)60(81)44(45)33-92-63(65)84)41(42-11-9-10-12-46(42)68-53)17-20-71(37(4)5)64(85)93-32-39-13-14-47(49(29-39)94-62-56(78)54(76)55(77)57(95-62)61(82)83)69-58(79)38(6)67-59(80)52(36(2)3)70-50(74)34-91-35-51(75)72(40-15-18-66-19-16-40)21-22-88-25-26-90-28-27-89-24-23-87-7/h9-14,29-30,36-38,40,52,54-57,62,66,76-78,86H,8,15-28,31-35H2,1-7H3,(H,67,80)(H,69,79)(H,70,74)(H,82,83)/t38-,52-,54-,55-,56+,57-,62+,65-/m0/s1. The second kappa shape index (κ2) is 33.8. The Morgan fingerprint density at radius 3 is 2.19 bits per heavy atom. The van der Waals surface area contributed by atoms with Crippen LogP contribution < -0.4 is 31.6 Å². The number of para-hydroxylation sites is 1. The zero-order valence-corrected chi connectivity index (χ0v) is 54.5. The molecule has 2 aromatic carbocycles. The lowest BCUT2D eigenvalue weighted by atomic mass is 9.86. The SMILES string of the molecule is CC[C@@]1(O)C(=O)OCc2c1cc1n(c2=O)Cc2c-1nc1ccccc1c2CCN(C(=O)OCc1ccc(NC(=O)[C@H](C)NC(=O)[C@@H](NC(=O)COCC(=O)N(CCOCCOCCOCCOC)C2CCNCC2)C(C)C)c(O[C@@H]2O[C@H](C(=O)O)[C@@H](O)[C@H](O)[C@H]2O)c1)C(C)C. The number of piperidine rings is 1. The molecular weight excluding hydrogens is 1240 g/mol. The van der Waals surface area contributed by atoms with Crippen LogP contribution in [0, 0.1) is 5.92 Å². The fourth-order valence-corrected chi connectivity index (χ4v) is 11.7. The molecule has 6 heterocycles. The highest BCUT2D eigenvalue weighted by molar-refractivity contribution is 5.99. The first-order chi connectivity index (χ1) is 45.5. The average Bonchev–Trinajstić information content (AvgIpc) is 1.58. The number of aliphatic hydroxyl groups excluding tert-OH is 3. The highest BCUT2D eigenvalue weighted by Gasteiger charge is 2.49. The maximum absolute atomic E-state index is 14.2. The van der Waals surface area contributed by atoms with Gasteiger partial charge in [-0.25, -0.2) is 19.4 Å². The molecule has 0 aliphatic carbocycles. The van der Waals surface area contributed by atoms with Crippen molar-refractivity contribution in [1.82, 2.24) is 35.3 Å². The first kappa shape index (κ1) is 73.1. The number of carboxylic acids is 1. The summed E-state index contributed by atoms with van der Waals surface area (Å²) in [5.41, 5.74) is 1.04. The number of hydrogen-bond donors (Lipinski definition) is 9. The van der Waals surface area contributed by atoms with Crippen LogP contribution in [0.25, 0.3) is 22.3 Å². The molecular formula is C65H88N8O22. The number of aliphatic hydroxyl groups is 4. The first-order valence-corrected chi connectivity index (χ1v) is 31.9. The lowest BCUT2D eigenvalue weighted by molar-refractivity contribution is -0.271. The molecule has 0 saturated carbocycles. The van der Waals surface area contributed by atoms with E-state index < -0.39 is 121 Å². The van der Waals surface area contributed by atoms with Gasteiger partial charge in [0.1, 0.15) is 62.6 Å². The number of pyridine rings is 2. The number of esters is 1. The molecule has 8 rings (SSSR count). The Morgan fingerprint density at radius 1 is 0.821 bits per heavy atom. The van der Waals surface area contributed by atoms with Gasteiger partial charge >= 0.3 is 18.0 Å². The Kier molecular flexibility index (Phi) is 26.0. The first-order valence-electron chi connectivity index (χ1n) is 31.9. The summed E-state index contributed by atoms with van der Waals surface area (Å²) >= 11 is 0. The largest absolute Gasteiger partial charge is 0.479 e. The number of benzene rings is 2. The second-order valence-corrected chi connectivity index (χ2v) is 24.2. The predicted octanol–water partition coefficient (Wildman–Crippen LogP) is 0.818. The number of amides is 5. The van der Waals surface area contributed by atoms with Gasteiger partial charge in [0.2, 0.25) is 29.9 Å². The van der Waals surface area contributed by atoms with Gasteiger partial charge < -0.3 is 104 Å². The van der Waals surface area contributed by atoms with Gasteiger partial charge in [-0.1, -0.05) is 45.0 Å². The number of carbonyl (C=O) groups is 7. The van der Waals surface area contributed by atoms with Gasteiger partial charge in [-0.05, 0) is 101 Å². The molecule has 4 aliphatic rings. The Labute approximate surface area is 548 Å². The van der Waals surface area contributed by atoms with Crippen LogP contribution in [0.4, 0.5) is 10.5 Å². The monoisotopic (exact) mass is 1330 g/mol. The lowest BCUT2D eigenvalue weighted by Crippen LogP contribution is -2.61. The topological polar surface area (TPSA) is 393 Å². The number of fused-ring (bicyclic) bond motifs is 5. The molecule has 30 heteroatoms. The summed E-state index contributed by atoms with van der Waals surface area (Å²) in [6.07, 6.45) is -9.26. The zero-order valence-electron chi connectivity index (χ0n) is 54.5. The molecule has 95 heavy (non-hydrogen) atoms. The van der Waals surface area contributed by atoms with Gasteiger partial charge in [0.05, 0.1) is 80.9 Å². The summed E-state index contributed by atoms with van der Waals surface area (Å²) in [6, 6.07) is 10.1. The fourth-order valence-electron chi connectivity index (χ4n) is 11.7. The summed E-state index contributed by atoms with van der Waals surface area (Å²) in [5, 5.41) is 65.2. The number of carboxylic acid groups (broad SMARTS) is 1. The van der Waals surface area contributed by atoms with Crippen molar-refractivity contribution in [3.8, 4) is 17.1 Å². The van der Waals surface area contributed by atoms with E-state index in [2.05, 4.69) is 21.3 Å². The van der Waals surface area contributed by atoms with Gasteiger partial charge in [-0.2, -0.15) is 0 Å². The van der Waals surface area contributed by atoms with Crippen molar-refractivity contribution in [2.75, 3.05) is 98.1 Å². The van der Waals surface area contributed by atoms with E-state index in [4.69, 9.17) is 47.6 Å². The van der Waals surface area contributed by atoms with Gasteiger partial charge in [-0.3, -0.25) is 24.0 Å². The Bertz CT molecular complexity index is 3430. The molecule has 4 aromatic rings. The number of rotatable bonds is 33. The van der Waals surface area contributed by atoms with E-state index in [-0.39, 0.29) is 85.8 Å². The summed E-state index contributed by atoms with van der Waals surface area (Å²) in [5.74, 6) is -5.97. The van der Waals surface area contributed by atoms with Crippen molar-refractivity contribution in [2.45, 2.75) is 147 Å². The number of methoxy groups -OCH3 is 1. The quantitative estimate of drug-likeness (QED) is 0.0207. The minimum atomic E-state index is -2.07. The Morgan fingerprint density at radius 2 is 1.52 bits per heavy atom. The van der Waals surface area contributed by atoms with Crippen molar-refractivity contribution in [3.63, 3.8) is 0 Å². The summed E-state index contributed by atoms with van der Waals surface area (Å²) in [6.45, 7) is 12.9. The minimum Gasteiger partial charge on any atom is -0.479 e. The van der Waals surface area contributed by atoms with Crippen molar-refractivity contribution < 1.29 is 102 Å². The van der Waals surface area contributed by atoms with Crippen molar-refractivity contribution >= 4 is 58.3 Å². The number of aliphatic carboxylic acids is 1. The van der Waals surface area contributed by atoms with Crippen LogP contribution in [0.15, 0.2) is 53.3 Å². The van der Waals surface area contributed by atoms with Crippen LogP contribution in [-0.2, 0) is 98.4 Å². The molecule has 9 N–H and O–H groups in total. The van der Waals surface area contributed by atoms with E-state index in [0.717, 1.165) is 24.0 Å². The van der Waals surface area contributed by atoms with E-state index in [9.17, 15) is 63.9 Å². The van der Waals surface area contributed by atoms with Crippen LogP contribution in [0.2, 0.25) is 0 Å². The molecule has 2 saturated heterocycles. The summed E-state index contributed by atoms with van der Waals surface area (Å²) < 4.78 is 51.2. The van der Waals surface area contributed by atoms with E-state index in [1.165, 1.54) is 30.0 Å². The maximum atomic E-state index is 14.2. The third-order valence-electron chi connectivity index (χ3n) is 17.1. The van der Waals surface area contributed by atoms with Crippen LogP contribution in [0.3, 0.4) is 0 Å². The minimum absolute atomic E-state index is 0.0285. The number of ether oxygens (including phenoxy) is 9. The van der Waals surface area contributed by atoms with Crippen LogP contribution >= 0.6 is 0 Å². The maximum Gasteiger partial charge on any atom is 0.410 e. The van der Waals surface area contributed by atoms with Gasteiger partial charge in [0, 0.05) is 48.8 Å². The van der Waals surface area contributed by atoms with E-state index in [0.29, 0.717) is 75.0 Å². The van der Waals surface area contributed by atoms with Gasteiger partial charge in [0.15, 0.2) is 11.7 Å². The molecule has 4 aliphatic heterocycles. The van der Waals surface area contributed by atoms with Crippen molar-refractivity contribution in [1.29, 1.82) is 0 Å². The molecule has 0 bridgehead atoms. The van der Waals surface area contributed by atoms with Gasteiger partial charge in [0.25, 0.3) is 5.56 Å². The summed E-state index contributed by atoms with van der Waals surface area (Å²) in [4.78, 5) is 116. The van der Waals surface area contributed by atoms with E-state index in [1.807, 2.05) is 24.3 Å². The normalized spacial score (nSPS) is 20.6. The molecule has 0 radical (unpaired) electrons. The van der Waals surface area contributed by atoms with Crippen molar-refractivity contribution in [2.24, 2.45) is 5.92 Å². The highest BCUT2D eigenvalue weighted by atomic mass is 16.7. The second-order valence-electron chi connectivity index (χ2n) is 24.2. The van der Waals surface area contributed by atoms with Gasteiger partial charge in [-0.15, -0.1) is 0 Å². The molecule has 520 valence electrons. The number of nitrogens with zero attached hydrogens (tertiary/aromatic N) is 4. The molecule has 5 amide bonds. The van der Waals surface area contributed by atoms with Crippen LogP contribution in [0.5, 0.6) is 5.75 Å². The molecule has 0 spiro atoms. The number of carbonyl (C=O) groups excluding carboxylic acids is 6. The third kappa shape index (κ3) is 17.8. The molecule has 2 aromatic heterocycles. The Hall–Kier alpha value is -7.75. The fraction of sp³-hybridized carbons (Fsp3) is 0.585. The van der Waals surface area contributed by atoms with Crippen molar-refractivity contribution in [3.05, 3.63) is 86.7 Å². The molecule has 2 fully saturated rings. The molecule has 8 atom stereocenters. The predicted molar refractivity (Wildman–Crippen MR) is 337 cm³/mol. The number of anilines is 1. The number of aromatic nitrogens is 2. The average molecular weight is 1330 g/mol. The molecule has 30 nitrogen and oxygen atoms in total.